The standard InChI is InChI=1S/C21H29N3O2.C7H6O2/c1-5-6-11-26-21(25)22-15-7-9-19-17(12-15)18-13-16(24(4)14(2)3)8-10-20(18)23-19;8-7(9)6-4-2-1-3-5-6/h5,7,9,12,14,16,23H,1,6,8,10-11,13H2,2-4H3,(H,22,25);1-5H,(H,8,9). The number of carbonyl (C=O) groups is 2. The number of amides is 1. The van der Waals surface area contributed by atoms with Crippen molar-refractivity contribution in [2.45, 2.75) is 51.6 Å². The van der Waals surface area contributed by atoms with Crippen LogP contribution in [0.25, 0.3) is 10.9 Å². The lowest BCUT2D eigenvalue weighted by molar-refractivity contribution is 0.0696. The zero-order chi connectivity index (χ0) is 25.4. The molecule has 7 nitrogen and oxygen atoms in total. The number of benzene rings is 2. The fourth-order valence-electron chi connectivity index (χ4n) is 4.22. The van der Waals surface area contributed by atoms with Crippen LogP contribution in [0.4, 0.5) is 10.5 Å². The molecule has 1 aliphatic carbocycles. The van der Waals surface area contributed by atoms with Crippen LogP contribution in [0.15, 0.2) is 61.2 Å². The van der Waals surface area contributed by atoms with E-state index in [1.54, 1.807) is 36.4 Å². The number of nitrogens with one attached hydrogen (secondary N) is 2. The van der Waals surface area contributed by atoms with Crippen molar-refractivity contribution in [2.75, 3.05) is 19.0 Å². The van der Waals surface area contributed by atoms with Gasteiger partial charge in [0.1, 0.15) is 0 Å². The number of carbonyl (C=O) groups excluding carboxylic acids is 1. The summed E-state index contributed by atoms with van der Waals surface area (Å²) in [4.78, 5) is 28.1. The number of aromatic nitrogens is 1. The number of hydrogen-bond donors (Lipinski definition) is 3. The molecule has 35 heavy (non-hydrogen) atoms. The maximum absolute atomic E-state index is 11.9. The van der Waals surface area contributed by atoms with E-state index in [-0.39, 0.29) is 0 Å². The Morgan fingerprint density at radius 2 is 2.00 bits per heavy atom. The van der Waals surface area contributed by atoms with Gasteiger partial charge in [-0.1, -0.05) is 24.3 Å². The fraction of sp³-hybridized carbons (Fsp3) is 0.357. The van der Waals surface area contributed by atoms with Crippen LogP contribution in [0, 0.1) is 0 Å². The molecule has 0 saturated carbocycles. The first-order valence-electron chi connectivity index (χ1n) is 12.0. The third-order valence-corrected chi connectivity index (χ3v) is 6.37. The van der Waals surface area contributed by atoms with E-state index in [2.05, 4.69) is 48.7 Å². The zero-order valence-electron chi connectivity index (χ0n) is 20.7. The van der Waals surface area contributed by atoms with E-state index in [1.807, 2.05) is 12.1 Å². The summed E-state index contributed by atoms with van der Waals surface area (Å²) in [6.45, 7) is 8.45. The Bertz CT molecular complexity index is 1150. The molecule has 186 valence electrons. The summed E-state index contributed by atoms with van der Waals surface area (Å²) in [5.41, 5.74) is 4.94. The molecule has 3 N–H and O–H groups in total. The summed E-state index contributed by atoms with van der Waals surface area (Å²) in [6, 6.07) is 15.4. The molecule has 3 aromatic rings. The van der Waals surface area contributed by atoms with Gasteiger partial charge in [-0.25, -0.2) is 9.59 Å². The number of hydrogen-bond acceptors (Lipinski definition) is 4. The molecule has 7 heteroatoms. The van der Waals surface area contributed by atoms with E-state index < -0.39 is 12.1 Å². The Labute approximate surface area is 206 Å². The van der Waals surface area contributed by atoms with E-state index in [1.165, 1.54) is 23.1 Å². The second-order valence-corrected chi connectivity index (χ2v) is 9.01. The van der Waals surface area contributed by atoms with Crippen LogP contribution in [-0.4, -0.2) is 52.8 Å². The highest BCUT2D eigenvalue weighted by molar-refractivity contribution is 5.92. The first-order chi connectivity index (χ1) is 16.8. The molecule has 1 aromatic heterocycles. The molecule has 0 radical (unpaired) electrons. The van der Waals surface area contributed by atoms with Gasteiger partial charge in [0, 0.05) is 34.4 Å². The Hall–Kier alpha value is -3.58. The van der Waals surface area contributed by atoms with Crippen molar-refractivity contribution >= 4 is 28.7 Å². The largest absolute Gasteiger partial charge is 0.478 e. The SMILES string of the molecule is C=CCCOC(=O)Nc1ccc2[nH]c3c(c2c1)CC(N(C)C(C)C)CC3.O=C(O)c1ccccc1. The number of carboxylic acids is 1. The van der Waals surface area contributed by atoms with E-state index in [4.69, 9.17) is 9.84 Å². The molecule has 0 saturated heterocycles. The van der Waals surface area contributed by atoms with Crippen LogP contribution < -0.4 is 5.32 Å². The molecular weight excluding hydrogens is 442 g/mol. The number of ether oxygens (including phenoxy) is 1. The molecule has 4 rings (SSSR count). The van der Waals surface area contributed by atoms with Crippen molar-refractivity contribution in [3.63, 3.8) is 0 Å². The summed E-state index contributed by atoms with van der Waals surface area (Å²) in [5, 5.41) is 12.4. The van der Waals surface area contributed by atoms with E-state index in [0.29, 0.717) is 30.7 Å². The average molecular weight is 478 g/mol. The highest BCUT2D eigenvalue weighted by atomic mass is 16.5. The number of fused-ring (bicyclic) bond motifs is 3. The van der Waals surface area contributed by atoms with Crippen molar-refractivity contribution < 1.29 is 19.4 Å². The summed E-state index contributed by atoms with van der Waals surface area (Å²) >= 11 is 0. The molecule has 1 heterocycles. The minimum atomic E-state index is -0.879. The first kappa shape index (κ1) is 26.0. The monoisotopic (exact) mass is 477 g/mol. The number of likely N-dealkylation sites (N-methyl/N-ethyl adjacent to an activating group) is 1. The minimum absolute atomic E-state index is 0.331. The lowest BCUT2D eigenvalue weighted by atomic mass is 9.90. The number of aryl methyl sites for hydroxylation is 1. The van der Waals surface area contributed by atoms with Gasteiger partial charge in [0.25, 0.3) is 0 Å². The number of carboxylic acid groups (broad SMARTS) is 1. The number of anilines is 1. The first-order valence-corrected chi connectivity index (χ1v) is 12.0. The van der Waals surface area contributed by atoms with Crippen LogP contribution in [0.2, 0.25) is 0 Å². The van der Waals surface area contributed by atoms with Gasteiger partial charge in [-0.05, 0) is 82.5 Å². The second-order valence-electron chi connectivity index (χ2n) is 9.01. The normalized spacial score (nSPS) is 14.7. The van der Waals surface area contributed by atoms with Crippen molar-refractivity contribution in [2.24, 2.45) is 0 Å². The average Bonchev–Trinajstić information content (AvgIpc) is 3.22. The van der Waals surface area contributed by atoms with Gasteiger partial charge in [-0.3, -0.25) is 5.32 Å². The van der Waals surface area contributed by atoms with Crippen LogP contribution in [0.1, 0.15) is 48.3 Å². The number of nitrogens with zero attached hydrogens (tertiary/aromatic N) is 1. The van der Waals surface area contributed by atoms with Gasteiger partial charge in [0.15, 0.2) is 0 Å². The van der Waals surface area contributed by atoms with E-state index in [9.17, 15) is 9.59 Å². The van der Waals surface area contributed by atoms with Crippen molar-refractivity contribution in [1.82, 2.24) is 9.88 Å². The number of aromatic carboxylic acids is 1. The quantitative estimate of drug-likeness (QED) is 0.292. The zero-order valence-corrected chi connectivity index (χ0v) is 20.7. The van der Waals surface area contributed by atoms with Gasteiger partial charge in [-0.2, -0.15) is 0 Å². The Balaban J connectivity index is 0.000000320. The van der Waals surface area contributed by atoms with Gasteiger partial charge < -0.3 is 19.7 Å². The van der Waals surface area contributed by atoms with Crippen LogP contribution in [0.3, 0.4) is 0 Å². The highest BCUT2D eigenvalue weighted by Gasteiger charge is 2.26. The number of H-pyrrole nitrogens is 1. The third kappa shape index (κ3) is 6.96. The molecule has 2 aromatic carbocycles. The van der Waals surface area contributed by atoms with Crippen LogP contribution in [0.5, 0.6) is 0 Å². The summed E-state index contributed by atoms with van der Waals surface area (Å²) in [6.07, 6.45) is 5.25. The van der Waals surface area contributed by atoms with E-state index >= 15 is 0 Å². The highest BCUT2D eigenvalue weighted by Crippen LogP contribution is 2.32. The van der Waals surface area contributed by atoms with Crippen molar-refractivity contribution in [3.05, 3.63) is 78.0 Å². The van der Waals surface area contributed by atoms with Gasteiger partial charge in [0.2, 0.25) is 0 Å². The molecule has 1 amide bonds. The number of aromatic amines is 1. The Kier molecular flexibility index (Phi) is 9.09. The molecule has 1 unspecified atom stereocenters. The summed E-state index contributed by atoms with van der Waals surface area (Å²) < 4.78 is 5.13. The summed E-state index contributed by atoms with van der Waals surface area (Å²) in [7, 11) is 2.21. The van der Waals surface area contributed by atoms with Gasteiger partial charge in [-0.15, -0.1) is 6.58 Å². The molecule has 0 aliphatic heterocycles. The van der Waals surface area contributed by atoms with Crippen molar-refractivity contribution in [1.29, 1.82) is 0 Å². The maximum Gasteiger partial charge on any atom is 0.411 e. The summed E-state index contributed by atoms with van der Waals surface area (Å²) in [5.74, 6) is -0.879. The topological polar surface area (TPSA) is 94.7 Å². The predicted octanol–water partition coefficient (Wildman–Crippen LogP) is 5.87. The minimum Gasteiger partial charge on any atom is -0.478 e. The lowest BCUT2D eigenvalue weighted by Gasteiger charge is -2.34. The fourth-order valence-corrected chi connectivity index (χ4v) is 4.22. The van der Waals surface area contributed by atoms with Gasteiger partial charge >= 0.3 is 12.1 Å². The molecule has 0 bridgehead atoms. The third-order valence-electron chi connectivity index (χ3n) is 6.37. The Morgan fingerprint density at radius 1 is 1.26 bits per heavy atom. The Morgan fingerprint density at radius 3 is 2.63 bits per heavy atom. The lowest BCUT2D eigenvalue weighted by Crippen LogP contribution is -2.40. The maximum atomic E-state index is 11.9. The molecule has 1 atom stereocenters. The van der Waals surface area contributed by atoms with Crippen LogP contribution in [-0.2, 0) is 17.6 Å². The van der Waals surface area contributed by atoms with Crippen molar-refractivity contribution in [3.8, 4) is 0 Å². The molecule has 0 spiro atoms. The van der Waals surface area contributed by atoms with E-state index in [0.717, 1.165) is 24.0 Å². The molecule has 1 aliphatic rings. The van der Waals surface area contributed by atoms with Crippen LogP contribution >= 0.6 is 0 Å². The predicted molar refractivity (Wildman–Crippen MR) is 140 cm³/mol. The second kappa shape index (κ2) is 12.2. The smallest absolute Gasteiger partial charge is 0.411 e. The molecule has 0 fully saturated rings. The number of rotatable bonds is 7. The van der Waals surface area contributed by atoms with Gasteiger partial charge in [0.05, 0.1) is 12.2 Å². The molecular formula is C28H35N3O4.